The van der Waals surface area contributed by atoms with E-state index in [1.807, 2.05) is 6.92 Å². The van der Waals surface area contributed by atoms with Crippen molar-refractivity contribution in [2.24, 2.45) is 0 Å². The van der Waals surface area contributed by atoms with E-state index in [9.17, 15) is 0 Å². The van der Waals surface area contributed by atoms with Crippen LogP contribution in [0.25, 0.3) is 0 Å². The summed E-state index contributed by atoms with van der Waals surface area (Å²) < 4.78 is 9.92. The van der Waals surface area contributed by atoms with Gasteiger partial charge in [-0.15, -0.1) is 0 Å². The molecule has 0 amide bonds. The fourth-order valence-corrected chi connectivity index (χ4v) is 0.559. The van der Waals surface area contributed by atoms with Gasteiger partial charge < -0.3 is 14.6 Å². The van der Waals surface area contributed by atoms with E-state index in [1.165, 1.54) is 0 Å². The average Bonchev–Trinajstić information content (AvgIpc) is 1.87. The van der Waals surface area contributed by atoms with E-state index < -0.39 is 6.29 Å². The Morgan fingerprint density at radius 2 is 2.10 bits per heavy atom. The summed E-state index contributed by atoms with van der Waals surface area (Å²) in [5.74, 6) is 0. The fraction of sp³-hybridized carbons (Fsp3) is 1.00. The second-order valence-electron chi connectivity index (χ2n) is 2.02. The van der Waals surface area contributed by atoms with Crippen molar-refractivity contribution in [1.29, 1.82) is 0 Å². The van der Waals surface area contributed by atoms with Gasteiger partial charge in [-0.2, -0.15) is 0 Å². The van der Waals surface area contributed by atoms with Crippen molar-refractivity contribution < 1.29 is 14.6 Å². The molecule has 0 aromatic carbocycles. The molecule has 0 aliphatic rings. The molecule has 1 unspecified atom stereocenters. The highest BCUT2D eigenvalue weighted by molar-refractivity contribution is 4.33. The van der Waals surface area contributed by atoms with E-state index in [0.717, 1.165) is 13.0 Å². The maximum atomic E-state index is 8.65. The van der Waals surface area contributed by atoms with Crippen LogP contribution in [-0.4, -0.2) is 31.2 Å². The molecule has 0 fully saturated rings. The van der Waals surface area contributed by atoms with E-state index in [0.29, 0.717) is 13.2 Å². The Kier molecular flexibility index (Phi) is 6.91. The average molecular weight is 148 g/mol. The molecule has 3 heteroatoms. The van der Waals surface area contributed by atoms with Crippen LogP contribution in [0.4, 0.5) is 0 Å². The molecular weight excluding hydrogens is 132 g/mol. The van der Waals surface area contributed by atoms with Crippen LogP contribution in [-0.2, 0) is 9.47 Å². The summed E-state index contributed by atoms with van der Waals surface area (Å²) in [6.45, 7) is 5.58. The van der Waals surface area contributed by atoms with Gasteiger partial charge >= 0.3 is 0 Å². The first kappa shape index (κ1) is 9.88. The molecular formula is C7H16O3. The maximum Gasteiger partial charge on any atom is 0.151 e. The van der Waals surface area contributed by atoms with Crippen LogP contribution in [0.15, 0.2) is 0 Å². The number of aliphatic hydroxyl groups is 1. The smallest absolute Gasteiger partial charge is 0.151 e. The summed E-state index contributed by atoms with van der Waals surface area (Å²) in [5, 5.41) is 8.65. The van der Waals surface area contributed by atoms with Gasteiger partial charge in [0.25, 0.3) is 0 Å². The van der Waals surface area contributed by atoms with E-state index >= 15 is 0 Å². The minimum atomic E-state index is -0.651. The predicted octanol–water partition coefficient (Wildman–Crippen LogP) is 0.768. The third-order valence-corrected chi connectivity index (χ3v) is 0.996. The molecule has 10 heavy (non-hydrogen) atoms. The van der Waals surface area contributed by atoms with Crippen molar-refractivity contribution in [1.82, 2.24) is 0 Å². The largest absolute Gasteiger partial charge is 0.382 e. The van der Waals surface area contributed by atoms with Crippen molar-refractivity contribution in [3.63, 3.8) is 0 Å². The zero-order valence-corrected chi connectivity index (χ0v) is 6.67. The van der Waals surface area contributed by atoms with E-state index in [1.54, 1.807) is 6.92 Å². The lowest BCUT2D eigenvalue weighted by molar-refractivity contribution is -0.0889. The maximum absolute atomic E-state index is 8.65. The van der Waals surface area contributed by atoms with Crippen LogP contribution in [0.1, 0.15) is 20.3 Å². The Bertz CT molecular complexity index is 63.9. The topological polar surface area (TPSA) is 38.7 Å². The summed E-state index contributed by atoms with van der Waals surface area (Å²) in [6, 6.07) is 0. The highest BCUT2D eigenvalue weighted by Gasteiger charge is 1.92. The van der Waals surface area contributed by atoms with Gasteiger partial charge in [-0.3, -0.25) is 0 Å². The van der Waals surface area contributed by atoms with Gasteiger partial charge in [0.15, 0.2) is 6.29 Å². The predicted molar refractivity (Wildman–Crippen MR) is 38.7 cm³/mol. The normalized spacial score (nSPS) is 13.5. The summed E-state index contributed by atoms with van der Waals surface area (Å²) in [6.07, 6.45) is 0.195. The summed E-state index contributed by atoms with van der Waals surface area (Å²) in [5.41, 5.74) is 0. The zero-order valence-electron chi connectivity index (χ0n) is 6.67. The Balaban J connectivity index is 2.77. The Hall–Kier alpha value is -0.120. The standard InChI is InChI=1S/C7H16O3/c1-3-9-5-4-6-10-7(2)8/h7-8H,3-6H2,1-2H3. The third-order valence-electron chi connectivity index (χ3n) is 0.996. The Morgan fingerprint density at radius 3 is 2.60 bits per heavy atom. The highest BCUT2D eigenvalue weighted by atomic mass is 16.6. The molecule has 0 rings (SSSR count). The summed E-state index contributed by atoms with van der Waals surface area (Å²) in [4.78, 5) is 0. The number of hydrogen-bond acceptors (Lipinski definition) is 3. The second kappa shape index (κ2) is 6.99. The van der Waals surface area contributed by atoms with Crippen molar-refractivity contribution in [2.75, 3.05) is 19.8 Å². The van der Waals surface area contributed by atoms with Crippen LogP contribution < -0.4 is 0 Å². The Labute approximate surface area is 62.0 Å². The Morgan fingerprint density at radius 1 is 1.40 bits per heavy atom. The van der Waals surface area contributed by atoms with E-state index in [2.05, 4.69) is 0 Å². The van der Waals surface area contributed by atoms with Crippen LogP contribution in [0, 0.1) is 0 Å². The van der Waals surface area contributed by atoms with Gasteiger partial charge in [0.2, 0.25) is 0 Å². The first-order chi connectivity index (χ1) is 4.77. The van der Waals surface area contributed by atoms with Gasteiger partial charge in [0.05, 0.1) is 6.61 Å². The van der Waals surface area contributed by atoms with Crippen molar-refractivity contribution in [2.45, 2.75) is 26.6 Å². The molecule has 0 heterocycles. The molecule has 0 aromatic heterocycles. The van der Waals surface area contributed by atoms with E-state index in [4.69, 9.17) is 14.6 Å². The third kappa shape index (κ3) is 7.88. The molecule has 62 valence electrons. The van der Waals surface area contributed by atoms with Gasteiger partial charge in [-0.05, 0) is 20.3 Å². The fourth-order valence-electron chi connectivity index (χ4n) is 0.559. The molecule has 0 saturated heterocycles. The molecule has 3 nitrogen and oxygen atoms in total. The van der Waals surface area contributed by atoms with Crippen LogP contribution >= 0.6 is 0 Å². The van der Waals surface area contributed by atoms with Crippen LogP contribution in [0.3, 0.4) is 0 Å². The molecule has 0 spiro atoms. The lowest BCUT2D eigenvalue weighted by atomic mass is 10.5. The van der Waals surface area contributed by atoms with Crippen molar-refractivity contribution >= 4 is 0 Å². The number of hydrogen-bond donors (Lipinski definition) is 1. The quantitative estimate of drug-likeness (QED) is 0.446. The second-order valence-corrected chi connectivity index (χ2v) is 2.02. The molecule has 0 radical (unpaired) electrons. The van der Waals surface area contributed by atoms with Gasteiger partial charge in [-0.25, -0.2) is 0 Å². The molecule has 0 aliphatic carbocycles. The number of rotatable bonds is 6. The lowest BCUT2D eigenvalue weighted by Gasteiger charge is -2.05. The number of aliphatic hydroxyl groups excluding tert-OH is 1. The van der Waals surface area contributed by atoms with Crippen molar-refractivity contribution in [3.05, 3.63) is 0 Å². The highest BCUT2D eigenvalue weighted by Crippen LogP contribution is 1.88. The van der Waals surface area contributed by atoms with Gasteiger partial charge in [-0.1, -0.05) is 0 Å². The summed E-state index contributed by atoms with van der Waals surface area (Å²) in [7, 11) is 0. The van der Waals surface area contributed by atoms with Crippen molar-refractivity contribution in [3.8, 4) is 0 Å². The monoisotopic (exact) mass is 148 g/mol. The molecule has 0 aromatic rings. The number of ether oxygens (including phenoxy) is 2. The van der Waals surface area contributed by atoms with Crippen LogP contribution in [0.2, 0.25) is 0 Å². The van der Waals surface area contributed by atoms with E-state index in [-0.39, 0.29) is 0 Å². The lowest BCUT2D eigenvalue weighted by Crippen LogP contribution is -2.09. The van der Waals surface area contributed by atoms with Gasteiger partial charge in [0, 0.05) is 13.2 Å². The molecule has 1 atom stereocenters. The minimum absolute atomic E-state index is 0.567. The molecule has 1 N–H and O–H groups in total. The molecule has 0 aliphatic heterocycles. The molecule has 0 bridgehead atoms. The minimum Gasteiger partial charge on any atom is -0.382 e. The van der Waals surface area contributed by atoms with Gasteiger partial charge in [0.1, 0.15) is 0 Å². The zero-order chi connectivity index (χ0) is 7.82. The SMILES string of the molecule is CCOCCCOC(C)O. The van der Waals surface area contributed by atoms with Crippen LogP contribution in [0.5, 0.6) is 0 Å². The summed E-state index contributed by atoms with van der Waals surface area (Å²) >= 11 is 0. The first-order valence-corrected chi connectivity index (χ1v) is 3.64. The molecule has 0 saturated carbocycles. The first-order valence-electron chi connectivity index (χ1n) is 3.64.